The summed E-state index contributed by atoms with van der Waals surface area (Å²) in [6.45, 7) is 2.23. The number of amides is 2. The minimum atomic E-state index is -0.745. The number of benzene rings is 2. The summed E-state index contributed by atoms with van der Waals surface area (Å²) in [6, 6.07) is 12.9. The predicted octanol–water partition coefficient (Wildman–Crippen LogP) is 1.78. The van der Waals surface area contributed by atoms with E-state index in [1.807, 2.05) is 24.3 Å². The van der Waals surface area contributed by atoms with Gasteiger partial charge in [0.25, 0.3) is 0 Å². The van der Waals surface area contributed by atoms with Crippen LogP contribution in [0.2, 0.25) is 0 Å². The summed E-state index contributed by atoms with van der Waals surface area (Å²) in [5.74, 6) is -0.671. The van der Waals surface area contributed by atoms with Crippen molar-refractivity contribution in [3.8, 4) is 5.75 Å². The SMILES string of the molecule is COc1ccc([C@@H](CNC(=O)C(=O)Nc2ccc3c(c2)n(C)c(=O)n3C)N2CCCC2)cc1. The highest BCUT2D eigenvalue weighted by Crippen LogP contribution is 2.26. The minimum Gasteiger partial charge on any atom is -0.497 e. The Balaban J connectivity index is 1.43. The average molecular weight is 452 g/mol. The lowest BCUT2D eigenvalue weighted by Crippen LogP contribution is -2.41. The topological polar surface area (TPSA) is 97.6 Å². The first kappa shape index (κ1) is 22.6. The molecule has 1 atom stereocenters. The number of hydrogen-bond donors (Lipinski definition) is 2. The first-order valence-electron chi connectivity index (χ1n) is 11.0. The van der Waals surface area contributed by atoms with Crippen LogP contribution in [-0.4, -0.2) is 52.6 Å². The molecule has 0 radical (unpaired) electrons. The van der Waals surface area contributed by atoms with Crippen molar-refractivity contribution in [2.24, 2.45) is 14.1 Å². The highest BCUT2D eigenvalue weighted by atomic mass is 16.5. The Labute approximate surface area is 191 Å². The Morgan fingerprint density at radius 3 is 2.30 bits per heavy atom. The maximum atomic E-state index is 12.6. The molecule has 2 N–H and O–H groups in total. The van der Waals surface area contributed by atoms with Crippen molar-refractivity contribution in [1.82, 2.24) is 19.4 Å². The first-order valence-corrected chi connectivity index (χ1v) is 11.0. The van der Waals surface area contributed by atoms with Gasteiger partial charge in [0.2, 0.25) is 0 Å². The van der Waals surface area contributed by atoms with Gasteiger partial charge in [-0.1, -0.05) is 12.1 Å². The summed E-state index contributed by atoms with van der Waals surface area (Å²) in [5, 5.41) is 5.42. The molecule has 9 nitrogen and oxygen atoms in total. The van der Waals surface area contributed by atoms with Gasteiger partial charge in [-0.15, -0.1) is 0 Å². The molecule has 3 aromatic rings. The van der Waals surface area contributed by atoms with Crippen LogP contribution in [0.3, 0.4) is 0 Å². The average Bonchev–Trinajstić information content (AvgIpc) is 3.43. The van der Waals surface area contributed by atoms with Gasteiger partial charge in [0.15, 0.2) is 0 Å². The molecule has 1 fully saturated rings. The number of aromatic nitrogens is 2. The molecule has 0 aliphatic carbocycles. The van der Waals surface area contributed by atoms with Crippen molar-refractivity contribution in [3.63, 3.8) is 0 Å². The second-order valence-electron chi connectivity index (χ2n) is 8.30. The number of fused-ring (bicyclic) bond motifs is 1. The van der Waals surface area contributed by atoms with Crippen LogP contribution in [0, 0.1) is 0 Å². The molecule has 0 unspecified atom stereocenters. The van der Waals surface area contributed by atoms with E-state index >= 15 is 0 Å². The fourth-order valence-corrected chi connectivity index (χ4v) is 4.38. The van der Waals surface area contributed by atoms with E-state index < -0.39 is 11.8 Å². The Morgan fingerprint density at radius 1 is 0.970 bits per heavy atom. The van der Waals surface area contributed by atoms with E-state index in [1.165, 1.54) is 9.13 Å². The van der Waals surface area contributed by atoms with E-state index in [2.05, 4.69) is 15.5 Å². The number of carbonyl (C=O) groups is 2. The number of carbonyl (C=O) groups excluding carboxylic acids is 2. The van der Waals surface area contributed by atoms with Gasteiger partial charge in [0.05, 0.1) is 24.2 Å². The summed E-state index contributed by atoms with van der Waals surface area (Å²) >= 11 is 0. The number of imidazole rings is 1. The lowest BCUT2D eigenvalue weighted by molar-refractivity contribution is -0.136. The van der Waals surface area contributed by atoms with Gasteiger partial charge in [-0.3, -0.25) is 23.6 Å². The maximum absolute atomic E-state index is 12.6. The summed E-state index contributed by atoms with van der Waals surface area (Å²) < 4.78 is 8.28. The van der Waals surface area contributed by atoms with Crippen molar-refractivity contribution in [2.45, 2.75) is 18.9 Å². The lowest BCUT2D eigenvalue weighted by Gasteiger charge is -2.28. The highest BCUT2D eigenvalue weighted by Gasteiger charge is 2.25. The molecule has 1 aliphatic rings. The zero-order chi connectivity index (χ0) is 23.5. The van der Waals surface area contributed by atoms with E-state index in [0.29, 0.717) is 17.7 Å². The van der Waals surface area contributed by atoms with Gasteiger partial charge in [-0.05, 0) is 61.8 Å². The Bertz CT molecular complexity index is 1220. The van der Waals surface area contributed by atoms with Crippen molar-refractivity contribution in [3.05, 3.63) is 58.5 Å². The van der Waals surface area contributed by atoms with Gasteiger partial charge in [0, 0.05) is 26.3 Å². The molecule has 2 amide bonds. The van der Waals surface area contributed by atoms with Crippen LogP contribution in [0.1, 0.15) is 24.4 Å². The number of nitrogens with one attached hydrogen (secondary N) is 2. The fourth-order valence-electron chi connectivity index (χ4n) is 4.38. The zero-order valence-electron chi connectivity index (χ0n) is 19.1. The van der Waals surface area contributed by atoms with Crippen LogP contribution in [0.15, 0.2) is 47.3 Å². The molecular weight excluding hydrogens is 422 g/mol. The molecule has 0 spiro atoms. The number of methoxy groups -OCH3 is 1. The number of nitrogens with zero attached hydrogens (tertiary/aromatic N) is 3. The van der Waals surface area contributed by atoms with Gasteiger partial charge < -0.3 is 15.4 Å². The number of aryl methyl sites for hydroxylation is 2. The molecule has 33 heavy (non-hydrogen) atoms. The quantitative estimate of drug-likeness (QED) is 0.557. The van der Waals surface area contributed by atoms with E-state index in [1.54, 1.807) is 39.4 Å². The van der Waals surface area contributed by atoms with E-state index in [9.17, 15) is 14.4 Å². The van der Waals surface area contributed by atoms with Gasteiger partial charge in [-0.25, -0.2) is 4.79 Å². The van der Waals surface area contributed by atoms with Crippen LogP contribution >= 0.6 is 0 Å². The molecule has 0 bridgehead atoms. The molecule has 1 aromatic heterocycles. The van der Waals surface area contributed by atoms with E-state index in [-0.39, 0.29) is 11.7 Å². The van der Waals surface area contributed by atoms with Gasteiger partial charge >= 0.3 is 17.5 Å². The number of anilines is 1. The van der Waals surface area contributed by atoms with E-state index in [4.69, 9.17) is 4.74 Å². The van der Waals surface area contributed by atoms with Crippen LogP contribution in [0.5, 0.6) is 5.75 Å². The van der Waals surface area contributed by atoms with Gasteiger partial charge in [-0.2, -0.15) is 0 Å². The summed E-state index contributed by atoms with van der Waals surface area (Å²) in [4.78, 5) is 39.5. The largest absolute Gasteiger partial charge is 0.497 e. The summed E-state index contributed by atoms with van der Waals surface area (Å²) in [7, 11) is 4.98. The van der Waals surface area contributed by atoms with Crippen molar-refractivity contribution >= 4 is 28.5 Å². The first-order chi connectivity index (χ1) is 15.9. The number of rotatable bonds is 6. The Morgan fingerprint density at radius 2 is 1.64 bits per heavy atom. The monoisotopic (exact) mass is 451 g/mol. The fraction of sp³-hybridized carbons (Fsp3) is 0.375. The van der Waals surface area contributed by atoms with Crippen LogP contribution < -0.4 is 21.1 Å². The summed E-state index contributed by atoms with van der Waals surface area (Å²) in [6.07, 6.45) is 2.23. The molecule has 4 rings (SSSR count). The number of likely N-dealkylation sites (tertiary alicyclic amines) is 1. The smallest absolute Gasteiger partial charge is 0.328 e. The predicted molar refractivity (Wildman–Crippen MR) is 126 cm³/mol. The molecule has 174 valence electrons. The van der Waals surface area contributed by atoms with Crippen LogP contribution in [0.4, 0.5) is 5.69 Å². The summed E-state index contributed by atoms with van der Waals surface area (Å²) in [5.41, 5.74) is 2.79. The number of hydrogen-bond acceptors (Lipinski definition) is 5. The number of ether oxygens (including phenoxy) is 1. The molecule has 2 heterocycles. The normalized spacial score (nSPS) is 14.9. The van der Waals surface area contributed by atoms with Crippen LogP contribution in [-0.2, 0) is 23.7 Å². The molecule has 9 heteroatoms. The minimum absolute atomic E-state index is 0.0228. The van der Waals surface area contributed by atoms with Crippen LogP contribution in [0.25, 0.3) is 11.0 Å². The third-order valence-electron chi connectivity index (χ3n) is 6.27. The van der Waals surface area contributed by atoms with Gasteiger partial charge in [0.1, 0.15) is 5.75 Å². The molecule has 2 aromatic carbocycles. The molecule has 0 saturated carbocycles. The molecule has 1 aliphatic heterocycles. The maximum Gasteiger partial charge on any atom is 0.328 e. The molecular formula is C24H29N5O4. The standard InChI is InChI=1S/C24H29N5O4/c1-27-19-11-8-17(14-20(19)28(2)24(27)32)26-23(31)22(30)25-15-21(29-12-4-5-13-29)16-6-9-18(33-3)10-7-16/h6-11,14,21H,4-5,12-13,15H2,1-3H3,(H,25,30)(H,26,31)/t21-/m1/s1. The third kappa shape index (κ3) is 4.63. The Hall–Kier alpha value is -3.59. The second-order valence-corrected chi connectivity index (χ2v) is 8.30. The lowest BCUT2D eigenvalue weighted by atomic mass is 10.1. The third-order valence-corrected chi connectivity index (χ3v) is 6.27. The van der Waals surface area contributed by atoms with Crippen molar-refractivity contribution < 1.29 is 14.3 Å². The Kier molecular flexibility index (Phi) is 6.50. The molecule has 1 saturated heterocycles. The second kappa shape index (κ2) is 9.50. The van der Waals surface area contributed by atoms with E-state index in [0.717, 1.165) is 42.8 Å². The highest BCUT2D eigenvalue weighted by molar-refractivity contribution is 6.39. The zero-order valence-corrected chi connectivity index (χ0v) is 19.1. The van der Waals surface area contributed by atoms with Crippen molar-refractivity contribution in [1.29, 1.82) is 0 Å². The van der Waals surface area contributed by atoms with Crippen molar-refractivity contribution in [2.75, 3.05) is 32.1 Å².